The van der Waals surface area contributed by atoms with E-state index in [9.17, 15) is 0 Å². The minimum atomic E-state index is 0.412. The highest BCUT2D eigenvalue weighted by Crippen LogP contribution is 2.31. The molecular weight excluding hydrogens is 334 g/mol. The highest BCUT2D eigenvalue weighted by molar-refractivity contribution is 9.10. The van der Waals surface area contributed by atoms with Crippen LogP contribution in [-0.2, 0) is 13.1 Å². The number of nitrogens with zero attached hydrogens (tertiary/aromatic N) is 2. The van der Waals surface area contributed by atoms with Gasteiger partial charge in [0.1, 0.15) is 0 Å². The Morgan fingerprint density at radius 2 is 2.20 bits per heavy atom. The van der Waals surface area contributed by atoms with Crippen LogP contribution in [0.2, 0.25) is 0 Å². The monoisotopic (exact) mass is 351 g/mol. The lowest BCUT2D eigenvalue weighted by molar-refractivity contribution is 0.267. The lowest BCUT2D eigenvalue weighted by Crippen LogP contribution is -2.29. The Morgan fingerprint density at radius 1 is 1.45 bits per heavy atom. The van der Waals surface area contributed by atoms with Crippen molar-refractivity contribution in [3.63, 3.8) is 0 Å². The predicted octanol–water partition coefficient (Wildman–Crippen LogP) is 4.59. The average Bonchev–Trinajstić information content (AvgIpc) is 2.59. The zero-order chi connectivity index (χ0) is 14.4. The van der Waals surface area contributed by atoms with Gasteiger partial charge in [-0.05, 0) is 51.3 Å². The standard InChI is InChI=1S/C15H18BrN3S/c1-9(2)6-18-8-11-12(16)4-5-13-14(11)19(7-10(18)3)15(20)17-13/h4-6,10H,7-8H2,1-3H3,(H,17,20)/t10-/m0/s1. The van der Waals surface area contributed by atoms with Gasteiger partial charge in [0.25, 0.3) is 0 Å². The fourth-order valence-corrected chi connectivity index (χ4v) is 3.56. The zero-order valence-electron chi connectivity index (χ0n) is 11.9. The van der Waals surface area contributed by atoms with Gasteiger partial charge in [0.15, 0.2) is 4.77 Å². The molecule has 106 valence electrons. The molecule has 3 nitrogen and oxygen atoms in total. The van der Waals surface area contributed by atoms with Gasteiger partial charge in [-0.2, -0.15) is 0 Å². The maximum absolute atomic E-state index is 5.49. The summed E-state index contributed by atoms with van der Waals surface area (Å²) in [5.74, 6) is 0. The highest BCUT2D eigenvalue weighted by Gasteiger charge is 2.22. The van der Waals surface area contributed by atoms with E-state index in [0.717, 1.165) is 27.8 Å². The molecule has 2 heterocycles. The van der Waals surface area contributed by atoms with E-state index in [1.165, 1.54) is 16.7 Å². The van der Waals surface area contributed by atoms with Crippen LogP contribution in [-0.4, -0.2) is 20.5 Å². The van der Waals surface area contributed by atoms with Crippen LogP contribution in [0, 0.1) is 4.77 Å². The second-order valence-electron chi connectivity index (χ2n) is 5.69. The molecular formula is C15H18BrN3S. The van der Waals surface area contributed by atoms with E-state index in [0.29, 0.717) is 6.04 Å². The number of hydrogen-bond acceptors (Lipinski definition) is 2. The lowest BCUT2D eigenvalue weighted by Gasteiger charge is -2.26. The average molecular weight is 352 g/mol. The molecule has 1 aliphatic heterocycles. The molecule has 3 rings (SSSR count). The van der Waals surface area contributed by atoms with Crippen molar-refractivity contribution in [1.29, 1.82) is 0 Å². The van der Waals surface area contributed by atoms with Crippen LogP contribution in [0.5, 0.6) is 0 Å². The molecule has 1 N–H and O–H groups in total. The first-order valence-electron chi connectivity index (χ1n) is 6.78. The number of imidazole rings is 1. The number of hydrogen-bond donors (Lipinski definition) is 1. The first-order chi connectivity index (χ1) is 9.47. The molecule has 0 saturated carbocycles. The van der Waals surface area contributed by atoms with Crippen molar-refractivity contribution in [2.45, 2.75) is 39.9 Å². The Balaban J connectivity index is 2.25. The molecule has 1 aliphatic rings. The molecule has 0 amide bonds. The second kappa shape index (κ2) is 5.04. The molecule has 5 heteroatoms. The number of rotatable bonds is 1. The van der Waals surface area contributed by atoms with Crippen molar-refractivity contribution in [2.24, 2.45) is 0 Å². The van der Waals surface area contributed by atoms with Crippen LogP contribution < -0.4 is 0 Å². The van der Waals surface area contributed by atoms with Crippen LogP contribution in [0.25, 0.3) is 11.0 Å². The Kier molecular flexibility index (Phi) is 3.50. The van der Waals surface area contributed by atoms with Gasteiger partial charge in [0, 0.05) is 29.2 Å². The molecule has 20 heavy (non-hydrogen) atoms. The van der Waals surface area contributed by atoms with Crippen molar-refractivity contribution in [3.05, 3.63) is 38.7 Å². The molecule has 0 bridgehead atoms. The molecule has 0 unspecified atom stereocenters. The quantitative estimate of drug-likeness (QED) is 0.759. The van der Waals surface area contributed by atoms with E-state index in [1.807, 2.05) is 0 Å². The Labute approximate surface area is 132 Å². The summed E-state index contributed by atoms with van der Waals surface area (Å²) in [6, 6.07) is 4.61. The minimum absolute atomic E-state index is 0.412. The van der Waals surface area contributed by atoms with Gasteiger partial charge in [-0.15, -0.1) is 0 Å². The van der Waals surface area contributed by atoms with Crippen LogP contribution >= 0.6 is 28.1 Å². The van der Waals surface area contributed by atoms with Gasteiger partial charge in [-0.1, -0.05) is 21.5 Å². The molecule has 0 fully saturated rings. The zero-order valence-corrected chi connectivity index (χ0v) is 14.3. The van der Waals surface area contributed by atoms with Crippen LogP contribution in [0.4, 0.5) is 0 Å². The molecule has 0 radical (unpaired) electrons. The Bertz CT molecular complexity index is 752. The third-order valence-corrected chi connectivity index (χ3v) is 4.83. The van der Waals surface area contributed by atoms with E-state index >= 15 is 0 Å². The fraction of sp³-hybridized carbons (Fsp3) is 0.400. The molecule has 0 aliphatic carbocycles. The van der Waals surface area contributed by atoms with Gasteiger partial charge >= 0.3 is 0 Å². The normalized spacial score (nSPS) is 18.2. The molecule has 0 spiro atoms. The largest absolute Gasteiger partial charge is 0.369 e. The number of H-pyrrole nitrogens is 1. The van der Waals surface area contributed by atoms with E-state index in [1.54, 1.807) is 0 Å². The number of allylic oxidation sites excluding steroid dienone is 1. The third-order valence-electron chi connectivity index (χ3n) is 3.76. The maximum atomic E-state index is 5.49. The van der Waals surface area contributed by atoms with Crippen molar-refractivity contribution in [1.82, 2.24) is 14.5 Å². The first kappa shape index (κ1) is 13.9. The summed E-state index contributed by atoms with van der Waals surface area (Å²) in [6.07, 6.45) is 2.25. The van der Waals surface area contributed by atoms with Crippen molar-refractivity contribution in [2.75, 3.05) is 0 Å². The van der Waals surface area contributed by atoms with Gasteiger partial charge in [0.05, 0.1) is 11.0 Å². The van der Waals surface area contributed by atoms with Gasteiger partial charge in [-0.25, -0.2) is 0 Å². The predicted molar refractivity (Wildman–Crippen MR) is 89.3 cm³/mol. The fourth-order valence-electron chi connectivity index (χ4n) is 2.84. The smallest absolute Gasteiger partial charge is 0.178 e. The number of nitrogens with one attached hydrogen (secondary N) is 1. The summed E-state index contributed by atoms with van der Waals surface area (Å²) >= 11 is 9.18. The third kappa shape index (κ3) is 2.23. The van der Waals surface area contributed by atoms with E-state index in [4.69, 9.17) is 12.2 Å². The Morgan fingerprint density at radius 3 is 2.90 bits per heavy atom. The number of aromatic nitrogens is 2. The van der Waals surface area contributed by atoms with Crippen LogP contribution in [0.15, 0.2) is 28.4 Å². The Hall–Kier alpha value is -1.07. The minimum Gasteiger partial charge on any atom is -0.369 e. The van der Waals surface area contributed by atoms with Crippen LogP contribution in [0.1, 0.15) is 26.3 Å². The summed E-state index contributed by atoms with van der Waals surface area (Å²) in [6.45, 7) is 8.34. The van der Waals surface area contributed by atoms with E-state index in [-0.39, 0.29) is 0 Å². The summed E-state index contributed by atoms with van der Waals surface area (Å²) in [5.41, 5.74) is 4.98. The number of aromatic amines is 1. The molecule has 1 atom stereocenters. The molecule has 1 aromatic heterocycles. The highest BCUT2D eigenvalue weighted by atomic mass is 79.9. The maximum Gasteiger partial charge on any atom is 0.178 e. The van der Waals surface area contributed by atoms with Gasteiger partial charge < -0.3 is 14.5 Å². The van der Waals surface area contributed by atoms with E-state index < -0.39 is 0 Å². The topological polar surface area (TPSA) is 24.0 Å². The summed E-state index contributed by atoms with van der Waals surface area (Å²) < 4.78 is 4.19. The first-order valence-corrected chi connectivity index (χ1v) is 7.98. The van der Waals surface area contributed by atoms with E-state index in [2.05, 4.69) is 69.5 Å². The van der Waals surface area contributed by atoms with Gasteiger partial charge in [-0.3, -0.25) is 0 Å². The summed E-state index contributed by atoms with van der Waals surface area (Å²) in [7, 11) is 0. The number of benzene rings is 1. The number of halogens is 1. The summed E-state index contributed by atoms with van der Waals surface area (Å²) in [4.78, 5) is 5.71. The SMILES string of the molecule is CC(C)=CN1Cc2c(Br)ccc3[nH]c(=S)n(c23)C[C@@H]1C. The molecule has 0 saturated heterocycles. The van der Waals surface area contributed by atoms with Crippen LogP contribution in [0.3, 0.4) is 0 Å². The van der Waals surface area contributed by atoms with Crippen molar-refractivity contribution < 1.29 is 0 Å². The molecule has 2 aromatic rings. The molecule has 1 aromatic carbocycles. The van der Waals surface area contributed by atoms with Gasteiger partial charge in [0.2, 0.25) is 0 Å². The second-order valence-corrected chi connectivity index (χ2v) is 6.93. The van der Waals surface area contributed by atoms with Crippen molar-refractivity contribution in [3.8, 4) is 0 Å². The van der Waals surface area contributed by atoms with Crippen molar-refractivity contribution >= 4 is 39.2 Å². The summed E-state index contributed by atoms with van der Waals surface area (Å²) in [5, 5.41) is 0. The lowest BCUT2D eigenvalue weighted by atomic mass is 10.1.